The van der Waals surface area contributed by atoms with Gasteiger partial charge in [0.25, 0.3) is 0 Å². The van der Waals surface area contributed by atoms with Crippen molar-refractivity contribution >= 4 is 17.6 Å². The second-order valence-electron chi connectivity index (χ2n) is 5.09. The summed E-state index contributed by atoms with van der Waals surface area (Å²) in [6.45, 7) is 3.10. The molecule has 0 amide bonds. The number of ether oxygens (including phenoxy) is 2. The van der Waals surface area contributed by atoms with E-state index in [9.17, 15) is 4.79 Å². The molecular formula is C18H20ClNO4. The van der Waals surface area contributed by atoms with Gasteiger partial charge in [0.15, 0.2) is 11.5 Å². The third-order valence-electron chi connectivity index (χ3n) is 3.25. The Kier molecular flexibility index (Phi) is 6.90. The molecule has 0 bridgehead atoms. The first-order valence-corrected chi connectivity index (χ1v) is 8.02. The van der Waals surface area contributed by atoms with Crippen LogP contribution in [0.3, 0.4) is 0 Å². The molecule has 0 aliphatic carbocycles. The van der Waals surface area contributed by atoms with Crippen LogP contribution in [0.1, 0.15) is 18.1 Å². The van der Waals surface area contributed by atoms with Gasteiger partial charge in [-0.05, 0) is 30.7 Å². The maximum Gasteiger partial charge on any atom is 0.317 e. The summed E-state index contributed by atoms with van der Waals surface area (Å²) in [5, 5.41) is 12.2. The van der Waals surface area contributed by atoms with E-state index in [-0.39, 0.29) is 6.54 Å². The van der Waals surface area contributed by atoms with Crippen molar-refractivity contribution in [3.05, 3.63) is 58.6 Å². The van der Waals surface area contributed by atoms with Crippen LogP contribution < -0.4 is 14.8 Å². The van der Waals surface area contributed by atoms with Gasteiger partial charge in [-0.2, -0.15) is 0 Å². The number of halogens is 1. The summed E-state index contributed by atoms with van der Waals surface area (Å²) in [7, 11) is 0. The standard InChI is InChI=1S/C18H20ClNO4/c1-2-23-17-9-13(10-20-11-18(21)22)7-8-16(17)24-12-14-5-3-4-6-15(14)19/h3-9,20H,2,10-12H2,1H3,(H,21,22). The van der Waals surface area contributed by atoms with Crippen molar-refractivity contribution in [1.29, 1.82) is 0 Å². The molecule has 2 rings (SSSR count). The van der Waals surface area contributed by atoms with Gasteiger partial charge in [-0.1, -0.05) is 35.9 Å². The minimum atomic E-state index is -0.889. The summed E-state index contributed by atoms with van der Waals surface area (Å²) in [6, 6.07) is 13.1. The molecule has 2 N–H and O–H groups in total. The molecule has 0 unspecified atom stereocenters. The lowest BCUT2D eigenvalue weighted by molar-refractivity contribution is -0.135. The summed E-state index contributed by atoms with van der Waals surface area (Å²) in [6.07, 6.45) is 0. The number of hydrogen-bond acceptors (Lipinski definition) is 4. The highest BCUT2D eigenvalue weighted by Gasteiger charge is 2.08. The number of benzene rings is 2. The van der Waals surface area contributed by atoms with E-state index in [1.54, 1.807) is 0 Å². The van der Waals surface area contributed by atoms with Crippen molar-refractivity contribution in [2.75, 3.05) is 13.2 Å². The average Bonchev–Trinajstić information content (AvgIpc) is 2.55. The lowest BCUT2D eigenvalue weighted by Crippen LogP contribution is -2.21. The summed E-state index contributed by atoms with van der Waals surface area (Å²) < 4.78 is 11.5. The van der Waals surface area contributed by atoms with Gasteiger partial charge < -0.3 is 19.9 Å². The zero-order valence-electron chi connectivity index (χ0n) is 13.4. The smallest absolute Gasteiger partial charge is 0.317 e. The molecule has 24 heavy (non-hydrogen) atoms. The fraction of sp³-hybridized carbons (Fsp3) is 0.278. The van der Waals surface area contributed by atoms with E-state index in [1.165, 1.54) is 0 Å². The second kappa shape index (κ2) is 9.15. The van der Waals surface area contributed by atoms with Crippen LogP contribution in [0, 0.1) is 0 Å². The van der Waals surface area contributed by atoms with Crippen LogP contribution in [0.4, 0.5) is 0 Å². The number of nitrogens with one attached hydrogen (secondary N) is 1. The molecule has 128 valence electrons. The highest BCUT2D eigenvalue weighted by atomic mass is 35.5. The molecule has 0 aliphatic rings. The number of carboxylic acid groups (broad SMARTS) is 1. The fourth-order valence-corrected chi connectivity index (χ4v) is 2.32. The van der Waals surface area contributed by atoms with E-state index in [1.807, 2.05) is 49.4 Å². The van der Waals surface area contributed by atoms with Gasteiger partial charge in [-0.3, -0.25) is 4.79 Å². The molecule has 0 radical (unpaired) electrons. The van der Waals surface area contributed by atoms with Crippen LogP contribution in [-0.4, -0.2) is 24.2 Å². The van der Waals surface area contributed by atoms with Gasteiger partial charge in [-0.25, -0.2) is 0 Å². The Morgan fingerprint density at radius 3 is 2.67 bits per heavy atom. The van der Waals surface area contributed by atoms with Crippen LogP contribution in [0.5, 0.6) is 11.5 Å². The zero-order valence-corrected chi connectivity index (χ0v) is 14.2. The SMILES string of the molecule is CCOc1cc(CNCC(=O)O)ccc1OCc1ccccc1Cl. The largest absolute Gasteiger partial charge is 0.490 e. The predicted octanol–water partition coefficient (Wildman–Crippen LogP) is 3.49. The third kappa shape index (κ3) is 5.44. The first-order chi connectivity index (χ1) is 11.6. The van der Waals surface area contributed by atoms with Crippen LogP contribution in [0.2, 0.25) is 5.02 Å². The molecule has 0 fully saturated rings. The van der Waals surface area contributed by atoms with E-state index in [2.05, 4.69) is 5.32 Å². The summed E-state index contributed by atoms with van der Waals surface area (Å²) in [5.74, 6) is 0.359. The minimum absolute atomic E-state index is 0.0886. The lowest BCUT2D eigenvalue weighted by Gasteiger charge is -2.14. The second-order valence-corrected chi connectivity index (χ2v) is 5.50. The number of carbonyl (C=O) groups is 1. The highest BCUT2D eigenvalue weighted by Crippen LogP contribution is 2.30. The normalized spacial score (nSPS) is 10.4. The van der Waals surface area contributed by atoms with E-state index in [0.29, 0.717) is 36.3 Å². The molecule has 5 nitrogen and oxygen atoms in total. The van der Waals surface area contributed by atoms with Crippen molar-refractivity contribution in [3.8, 4) is 11.5 Å². The Morgan fingerprint density at radius 2 is 1.96 bits per heavy atom. The number of carboxylic acids is 1. The van der Waals surface area contributed by atoms with E-state index in [0.717, 1.165) is 11.1 Å². The minimum Gasteiger partial charge on any atom is -0.490 e. The first-order valence-electron chi connectivity index (χ1n) is 7.64. The quantitative estimate of drug-likeness (QED) is 0.725. The van der Waals surface area contributed by atoms with Gasteiger partial charge in [0.1, 0.15) is 6.61 Å². The Hall–Kier alpha value is -2.24. The molecule has 0 aliphatic heterocycles. The van der Waals surface area contributed by atoms with Crippen molar-refractivity contribution in [2.24, 2.45) is 0 Å². The number of rotatable bonds is 9. The molecule has 2 aromatic carbocycles. The Balaban J connectivity index is 2.05. The fourth-order valence-electron chi connectivity index (χ4n) is 2.13. The maximum atomic E-state index is 10.5. The third-order valence-corrected chi connectivity index (χ3v) is 3.62. The summed E-state index contributed by atoms with van der Waals surface area (Å²) in [5.41, 5.74) is 1.82. The first kappa shape index (κ1) is 18.1. The number of aliphatic carboxylic acids is 1. The topological polar surface area (TPSA) is 67.8 Å². The number of hydrogen-bond donors (Lipinski definition) is 2. The molecule has 0 saturated heterocycles. The Labute approximate surface area is 146 Å². The predicted molar refractivity (Wildman–Crippen MR) is 92.7 cm³/mol. The van der Waals surface area contributed by atoms with Gasteiger partial charge in [0.05, 0.1) is 13.2 Å². The van der Waals surface area contributed by atoms with Gasteiger partial charge in [-0.15, -0.1) is 0 Å². The molecule has 0 saturated carbocycles. The Bertz CT molecular complexity index is 690. The molecule has 6 heteroatoms. The molecule has 0 aromatic heterocycles. The van der Waals surface area contributed by atoms with E-state index < -0.39 is 5.97 Å². The monoisotopic (exact) mass is 349 g/mol. The molecular weight excluding hydrogens is 330 g/mol. The van der Waals surface area contributed by atoms with Crippen molar-refractivity contribution in [3.63, 3.8) is 0 Å². The summed E-state index contributed by atoms with van der Waals surface area (Å²) in [4.78, 5) is 10.5. The van der Waals surface area contributed by atoms with Crippen molar-refractivity contribution < 1.29 is 19.4 Å². The van der Waals surface area contributed by atoms with Gasteiger partial charge in [0.2, 0.25) is 0 Å². The maximum absolute atomic E-state index is 10.5. The Morgan fingerprint density at radius 1 is 1.17 bits per heavy atom. The van der Waals surface area contributed by atoms with Crippen LogP contribution in [0.25, 0.3) is 0 Å². The van der Waals surface area contributed by atoms with E-state index >= 15 is 0 Å². The zero-order chi connectivity index (χ0) is 17.4. The molecule has 0 heterocycles. The molecule has 0 atom stereocenters. The average molecular weight is 350 g/mol. The highest BCUT2D eigenvalue weighted by molar-refractivity contribution is 6.31. The summed E-state index contributed by atoms with van der Waals surface area (Å²) >= 11 is 6.13. The van der Waals surface area contributed by atoms with Crippen LogP contribution in [-0.2, 0) is 17.9 Å². The molecule has 2 aromatic rings. The van der Waals surface area contributed by atoms with Gasteiger partial charge in [0, 0.05) is 17.1 Å². The lowest BCUT2D eigenvalue weighted by atomic mass is 10.2. The van der Waals surface area contributed by atoms with Crippen molar-refractivity contribution in [2.45, 2.75) is 20.1 Å². The van der Waals surface area contributed by atoms with E-state index in [4.69, 9.17) is 26.2 Å². The van der Waals surface area contributed by atoms with Crippen LogP contribution >= 0.6 is 11.6 Å². The van der Waals surface area contributed by atoms with Crippen molar-refractivity contribution in [1.82, 2.24) is 5.32 Å². The van der Waals surface area contributed by atoms with Gasteiger partial charge >= 0.3 is 5.97 Å². The van der Waals surface area contributed by atoms with Crippen LogP contribution in [0.15, 0.2) is 42.5 Å². The molecule has 0 spiro atoms.